The number of rotatable bonds is 10. The van der Waals surface area contributed by atoms with Gasteiger partial charge in [0, 0.05) is 0 Å². The van der Waals surface area contributed by atoms with Crippen molar-refractivity contribution in [2.24, 2.45) is 41.4 Å². The molecule has 0 aromatic heterocycles. The fraction of sp³-hybridized carbons (Fsp3) is 0.909. The predicted octanol–water partition coefficient (Wildman–Crippen LogP) is 7.10. The van der Waals surface area contributed by atoms with Gasteiger partial charge in [0.25, 0.3) is 0 Å². The summed E-state index contributed by atoms with van der Waals surface area (Å²) in [5, 5.41) is 0. The lowest BCUT2D eigenvalue weighted by Gasteiger charge is -2.42. The van der Waals surface area contributed by atoms with Gasteiger partial charge in [-0.05, 0) is 73.5 Å². The molecule has 0 heterocycles. The minimum atomic E-state index is 0.666. The van der Waals surface area contributed by atoms with Gasteiger partial charge in [-0.25, -0.2) is 0 Å². The molecule has 6 unspecified atom stereocenters. The van der Waals surface area contributed by atoms with E-state index in [2.05, 4.69) is 40.3 Å². The molecule has 0 radical (unpaired) electrons. The predicted molar refractivity (Wildman–Crippen MR) is 98.9 cm³/mol. The molecule has 0 bridgehead atoms. The van der Waals surface area contributed by atoms with Crippen molar-refractivity contribution in [2.75, 3.05) is 0 Å². The molecule has 2 rings (SSSR count). The van der Waals surface area contributed by atoms with Crippen molar-refractivity contribution in [3.63, 3.8) is 0 Å². The molecule has 2 saturated carbocycles. The van der Waals surface area contributed by atoms with Gasteiger partial charge in [-0.15, -0.1) is 6.58 Å². The summed E-state index contributed by atoms with van der Waals surface area (Å²) in [7, 11) is 0. The maximum atomic E-state index is 4.00. The van der Waals surface area contributed by atoms with Gasteiger partial charge < -0.3 is 0 Å². The summed E-state index contributed by atoms with van der Waals surface area (Å²) in [6.45, 7) is 13.7. The third-order valence-electron chi connectivity index (χ3n) is 7.38. The zero-order valence-corrected chi connectivity index (χ0v) is 15.7. The summed E-state index contributed by atoms with van der Waals surface area (Å²) in [4.78, 5) is 0. The van der Waals surface area contributed by atoms with E-state index in [-0.39, 0.29) is 0 Å². The first kappa shape index (κ1) is 18.1. The summed E-state index contributed by atoms with van der Waals surface area (Å²) in [6, 6.07) is 0. The van der Waals surface area contributed by atoms with Crippen molar-refractivity contribution in [1.29, 1.82) is 0 Å². The van der Waals surface area contributed by atoms with Crippen LogP contribution in [-0.4, -0.2) is 0 Å². The van der Waals surface area contributed by atoms with Gasteiger partial charge in [-0.2, -0.15) is 0 Å². The Labute approximate surface area is 140 Å². The molecular formula is C22H40. The first-order valence-corrected chi connectivity index (χ1v) is 10.2. The minimum absolute atomic E-state index is 0.666. The van der Waals surface area contributed by atoms with Crippen molar-refractivity contribution >= 4 is 0 Å². The highest BCUT2D eigenvalue weighted by Crippen LogP contribution is 2.46. The van der Waals surface area contributed by atoms with E-state index in [1.165, 1.54) is 57.8 Å². The lowest BCUT2D eigenvalue weighted by molar-refractivity contribution is 0.0912. The van der Waals surface area contributed by atoms with Crippen LogP contribution in [0.1, 0.15) is 85.5 Å². The van der Waals surface area contributed by atoms with Gasteiger partial charge in [0.05, 0.1) is 0 Å². The lowest BCUT2D eigenvalue weighted by Crippen LogP contribution is -2.31. The van der Waals surface area contributed by atoms with Crippen LogP contribution in [0.25, 0.3) is 0 Å². The molecule has 0 aromatic carbocycles. The van der Waals surface area contributed by atoms with E-state index >= 15 is 0 Å². The van der Waals surface area contributed by atoms with Crippen molar-refractivity contribution in [3.8, 4) is 0 Å². The van der Waals surface area contributed by atoms with E-state index in [1.807, 2.05) is 0 Å². The lowest BCUT2D eigenvalue weighted by atomic mass is 9.64. The smallest absolute Gasteiger partial charge is 0.0239 e. The Hall–Kier alpha value is -0.260. The van der Waals surface area contributed by atoms with Crippen LogP contribution < -0.4 is 0 Å². The quantitative estimate of drug-likeness (QED) is 0.377. The second-order valence-electron chi connectivity index (χ2n) is 8.82. The van der Waals surface area contributed by atoms with E-state index in [9.17, 15) is 0 Å². The third-order valence-corrected chi connectivity index (χ3v) is 7.38. The van der Waals surface area contributed by atoms with Gasteiger partial charge in [0.15, 0.2) is 0 Å². The summed E-state index contributed by atoms with van der Waals surface area (Å²) in [5.74, 6) is 6.53. The van der Waals surface area contributed by atoms with Gasteiger partial charge in [0.1, 0.15) is 0 Å². The highest BCUT2D eigenvalue weighted by molar-refractivity contribution is 4.87. The van der Waals surface area contributed by atoms with E-state index in [0.717, 1.165) is 35.5 Å². The Morgan fingerprint density at radius 1 is 0.955 bits per heavy atom. The first-order valence-electron chi connectivity index (χ1n) is 10.2. The number of hydrogen-bond acceptors (Lipinski definition) is 0. The van der Waals surface area contributed by atoms with Crippen molar-refractivity contribution in [1.82, 2.24) is 0 Å². The SMILES string of the molecule is C=CC(C)C(C)CC(C)C(CC1CCC1)CC1CCC1CC. The molecule has 128 valence electrons. The fourth-order valence-electron chi connectivity index (χ4n) is 4.82. The van der Waals surface area contributed by atoms with Crippen LogP contribution in [0.2, 0.25) is 0 Å². The van der Waals surface area contributed by atoms with Crippen LogP contribution >= 0.6 is 0 Å². The van der Waals surface area contributed by atoms with Gasteiger partial charge in [-0.1, -0.05) is 59.5 Å². The molecule has 0 saturated heterocycles. The van der Waals surface area contributed by atoms with Crippen LogP contribution in [0.4, 0.5) is 0 Å². The highest BCUT2D eigenvalue weighted by Gasteiger charge is 2.34. The molecule has 22 heavy (non-hydrogen) atoms. The Kier molecular flexibility index (Phi) is 7.03. The molecule has 0 nitrogen and oxygen atoms in total. The monoisotopic (exact) mass is 304 g/mol. The van der Waals surface area contributed by atoms with E-state index in [4.69, 9.17) is 0 Å². The summed E-state index contributed by atoms with van der Waals surface area (Å²) in [6.07, 6.45) is 15.6. The molecule has 0 N–H and O–H groups in total. The maximum absolute atomic E-state index is 4.00. The minimum Gasteiger partial charge on any atom is -0.103 e. The third kappa shape index (κ3) is 4.62. The molecule has 2 aliphatic rings. The van der Waals surface area contributed by atoms with Gasteiger partial charge >= 0.3 is 0 Å². The average molecular weight is 305 g/mol. The fourth-order valence-corrected chi connectivity index (χ4v) is 4.82. The van der Waals surface area contributed by atoms with Gasteiger partial charge in [0.2, 0.25) is 0 Å². The summed E-state index contributed by atoms with van der Waals surface area (Å²) in [5.41, 5.74) is 0. The normalized spacial score (nSPS) is 30.7. The Morgan fingerprint density at radius 3 is 2.09 bits per heavy atom. The van der Waals surface area contributed by atoms with E-state index in [0.29, 0.717) is 5.92 Å². The Morgan fingerprint density at radius 2 is 1.64 bits per heavy atom. The molecule has 0 aromatic rings. The first-order chi connectivity index (χ1) is 10.5. The second-order valence-corrected chi connectivity index (χ2v) is 8.82. The van der Waals surface area contributed by atoms with Crippen LogP contribution in [0.3, 0.4) is 0 Å². The molecule has 0 aliphatic heterocycles. The molecule has 0 amide bonds. The summed E-state index contributed by atoms with van der Waals surface area (Å²) < 4.78 is 0. The largest absolute Gasteiger partial charge is 0.103 e. The maximum Gasteiger partial charge on any atom is -0.0239 e. The standard InChI is InChI=1S/C22H40/c1-6-16(3)17(4)13-18(5)22(14-19-9-8-10-19)15-21-12-11-20(21)7-2/h6,16-22H,1,7-15H2,2-5H3. The van der Waals surface area contributed by atoms with Crippen molar-refractivity contribution in [2.45, 2.75) is 85.5 Å². The molecule has 2 fully saturated rings. The molecule has 2 aliphatic carbocycles. The molecule has 0 heteroatoms. The number of allylic oxidation sites excluding steroid dienone is 1. The van der Waals surface area contributed by atoms with Crippen LogP contribution in [0.5, 0.6) is 0 Å². The number of hydrogen-bond donors (Lipinski definition) is 0. The molecule has 6 atom stereocenters. The Balaban J connectivity index is 1.88. The average Bonchev–Trinajstić information content (AvgIpc) is 2.43. The van der Waals surface area contributed by atoms with Crippen LogP contribution in [0.15, 0.2) is 12.7 Å². The van der Waals surface area contributed by atoms with Crippen molar-refractivity contribution in [3.05, 3.63) is 12.7 Å². The van der Waals surface area contributed by atoms with Gasteiger partial charge in [-0.3, -0.25) is 0 Å². The van der Waals surface area contributed by atoms with Crippen LogP contribution in [-0.2, 0) is 0 Å². The van der Waals surface area contributed by atoms with E-state index < -0.39 is 0 Å². The zero-order chi connectivity index (χ0) is 16.1. The highest BCUT2D eigenvalue weighted by atomic mass is 14.4. The zero-order valence-electron chi connectivity index (χ0n) is 15.7. The molecular weight excluding hydrogens is 264 g/mol. The summed E-state index contributed by atoms with van der Waals surface area (Å²) >= 11 is 0. The molecule has 0 spiro atoms. The van der Waals surface area contributed by atoms with Crippen molar-refractivity contribution < 1.29 is 0 Å². The topological polar surface area (TPSA) is 0 Å². The Bertz CT molecular complexity index is 325. The second kappa shape index (κ2) is 8.55. The van der Waals surface area contributed by atoms with Crippen LogP contribution in [0, 0.1) is 41.4 Å². The van der Waals surface area contributed by atoms with E-state index in [1.54, 1.807) is 0 Å².